The standard InChI is InChI=1S/C11H21N3O2.ClH/c1-3-9-4-8(2)7-14(9)11(16)6-13-10(15)5-12;/h8-9H,3-7,12H2,1-2H3,(H,13,15);1H. The van der Waals surface area contributed by atoms with Crippen LogP contribution in [0.3, 0.4) is 0 Å². The highest BCUT2D eigenvalue weighted by molar-refractivity contribution is 5.86. The van der Waals surface area contributed by atoms with E-state index < -0.39 is 0 Å². The van der Waals surface area contributed by atoms with Gasteiger partial charge in [0.1, 0.15) is 0 Å². The molecule has 2 unspecified atom stereocenters. The minimum atomic E-state index is -0.284. The van der Waals surface area contributed by atoms with Crippen LogP contribution in [0.15, 0.2) is 0 Å². The van der Waals surface area contributed by atoms with Crippen LogP contribution in [-0.4, -0.2) is 42.4 Å². The van der Waals surface area contributed by atoms with Crippen molar-refractivity contribution in [2.45, 2.75) is 32.7 Å². The maximum Gasteiger partial charge on any atom is 0.242 e. The Bertz CT molecular complexity index is 273. The Kier molecular flexibility index (Phi) is 7.15. The topological polar surface area (TPSA) is 75.4 Å². The van der Waals surface area contributed by atoms with Crippen molar-refractivity contribution in [1.82, 2.24) is 10.2 Å². The Morgan fingerprint density at radius 3 is 2.65 bits per heavy atom. The molecular weight excluding hydrogens is 242 g/mol. The average Bonchev–Trinajstić information content (AvgIpc) is 2.66. The predicted octanol–water partition coefficient (Wildman–Crippen LogP) is 0.130. The zero-order chi connectivity index (χ0) is 12.1. The van der Waals surface area contributed by atoms with Crippen LogP contribution in [0.1, 0.15) is 26.7 Å². The van der Waals surface area contributed by atoms with E-state index in [-0.39, 0.29) is 37.3 Å². The van der Waals surface area contributed by atoms with E-state index in [1.807, 2.05) is 4.90 Å². The quantitative estimate of drug-likeness (QED) is 0.757. The zero-order valence-electron chi connectivity index (χ0n) is 10.4. The van der Waals surface area contributed by atoms with Gasteiger partial charge in [-0.15, -0.1) is 12.4 Å². The van der Waals surface area contributed by atoms with Gasteiger partial charge in [0.25, 0.3) is 0 Å². The molecule has 0 aromatic carbocycles. The van der Waals surface area contributed by atoms with Gasteiger partial charge in [0.05, 0.1) is 13.1 Å². The van der Waals surface area contributed by atoms with Crippen molar-refractivity contribution in [2.24, 2.45) is 11.7 Å². The smallest absolute Gasteiger partial charge is 0.242 e. The van der Waals surface area contributed by atoms with E-state index in [0.29, 0.717) is 12.0 Å². The number of rotatable bonds is 4. The third-order valence-corrected chi connectivity index (χ3v) is 3.04. The molecule has 1 rings (SSSR count). The van der Waals surface area contributed by atoms with Gasteiger partial charge < -0.3 is 16.0 Å². The molecule has 0 aromatic heterocycles. The number of nitrogens with zero attached hydrogens (tertiary/aromatic N) is 1. The van der Waals surface area contributed by atoms with Crippen molar-refractivity contribution in [2.75, 3.05) is 19.6 Å². The summed E-state index contributed by atoms with van der Waals surface area (Å²) in [5, 5.41) is 2.51. The molecule has 5 nitrogen and oxygen atoms in total. The van der Waals surface area contributed by atoms with E-state index in [9.17, 15) is 9.59 Å². The first-order valence-electron chi connectivity index (χ1n) is 5.84. The zero-order valence-corrected chi connectivity index (χ0v) is 11.3. The summed E-state index contributed by atoms with van der Waals surface area (Å²) in [6, 6.07) is 0.331. The van der Waals surface area contributed by atoms with Crippen molar-refractivity contribution in [3.8, 4) is 0 Å². The number of likely N-dealkylation sites (tertiary alicyclic amines) is 1. The van der Waals surface area contributed by atoms with Crippen molar-refractivity contribution >= 4 is 24.2 Å². The molecule has 2 atom stereocenters. The summed E-state index contributed by atoms with van der Waals surface area (Å²) in [6.45, 7) is 5.03. The molecule has 0 aromatic rings. The molecule has 0 radical (unpaired) electrons. The van der Waals surface area contributed by atoms with E-state index >= 15 is 0 Å². The Labute approximate surface area is 109 Å². The second kappa shape index (κ2) is 7.50. The van der Waals surface area contributed by atoms with Crippen LogP contribution in [0.2, 0.25) is 0 Å². The predicted molar refractivity (Wildman–Crippen MR) is 68.9 cm³/mol. The molecule has 1 saturated heterocycles. The lowest BCUT2D eigenvalue weighted by molar-refractivity contribution is -0.133. The minimum absolute atomic E-state index is 0. The number of nitrogens with one attached hydrogen (secondary N) is 1. The van der Waals surface area contributed by atoms with Gasteiger partial charge in [-0.25, -0.2) is 0 Å². The first-order chi connectivity index (χ1) is 7.58. The van der Waals surface area contributed by atoms with Gasteiger partial charge in [-0.05, 0) is 18.8 Å². The van der Waals surface area contributed by atoms with Gasteiger partial charge in [0, 0.05) is 12.6 Å². The molecule has 100 valence electrons. The van der Waals surface area contributed by atoms with Crippen molar-refractivity contribution in [3.63, 3.8) is 0 Å². The van der Waals surface area contributed by atoms with Crippen LogP contribution in [0.5, 0.6) is 0 Å². The molecule has 6 heteroatoms. The summed E-state index contributed by atoms with van der Waals surface area (Å²) in [6.07, 6.45) is 2.04. The number of amides is 2. The monoisotopic (exact) mass is 263 g/mol. The van der Waals surface area contributed by atoms with Crippen molar-refractivity contribution in [3.05, 3.63) is 0 Å². The first kappa shape index (κ1) is 16.2. The van der Waals surface area contributed by atoms with Crippen LogP contribution >= 0.6 is 12.4 Å². The van der Waals surface area contributed by atoms with Gasteiger partial charge in [-0.2, -0.15) is 0 Å². The number of hydrogen-bond donors (Lipinski definition) is 2. The third-order valence-electron chi connectivity index (χ3n) is 3.04. The fourth-order valence-electron chi connectivity index (χ4n) is 2.19. The summed E-state index contributed by atoms with van der Waals surface area (Å²) < 4.78 is 0. The van der Waals surface area contributed by atoms with E-state index in [1.54, 1.807) is 0 Å². The minimum Gasteiger partial charge on any atom is -0.346 e. The summed E-state index contributed by atoms with van der Waals surface area (Å²) in [4.78, 5) is 24.7. The molecule has 2 amide bonds. The van der Waals surface area contributed by atoms with E-state index in [4.69, 9.17) is 5.73 Å². The third kappa shape index (κ3) is 4.52. The van der Waals surface area contributed by atoms with Gasteiger partial charge in [0.15, 0.2) is 0 Å². The Hall–Kier alpha value is -0.810. The molecule has 1 heterocycles. The highest BCUT2D eigenvalue weighted by atomic mass is 35.5. The molecule has 17 heavy (non-hydrogen) atoms. The van der Waals surface area contributed by atoms with Gasteiger partial charge in [-0.1, -0.05) is 13.8 Å². The lowest BCUT2D eigenvalue weighted by atomic mass is 10.1. The van der Waals surface area contributed by atoms with Crippen LogP contribution < -0.4 is 11.1 Å². The lowest BCUT2D eigenvalue weighted by Crippen LogP contribution is -2.43. The normalized spacial score (nSPS) is 23.1. The maximum atomic E-state index is 11.9. The highest BCUT2D eigenvalue weighted by Crippen LogP contribution is 2.24. The second-order valence-electron chi connectivity index (χ2n) is 4.43. The molecular formula is C11H22ClN3O2. The second-order valence-corrected chi connectivity index (χ2v) is 4.43. The van der Waals surface area contributed by atoms with Gasteiger partial charge in [0.2, 0.25) is 11.8 Å². The molecule has 0 spiro atoms. The number of halogens is 1. The number of hydrogen-bond acceptors (Lipinski definition) is 3. The molecule has 3 N–H and O–H groups in total. The van der Waals surface area contributed by atoms with E-state index in [0.717, 1.165) is 19.4 Å². The van der Waals surface area contributed by atoms with Crippen LogP contribution in [0.25, 0.3) is 0 Å². The highest BCUT2D eigenvalue weighted by Gasteiger charge is 2.31. The van der Waals surface area contributed by atoms with Gasteiger partial charge in [-0.3, -0.25) is 9.59 Å². The Morgan fingerprint density at radius 2 is 2.12 bits per heavy atom. The largest absolute Gasteiger partial charge is 0.346 e. The van der Waals surface area contributed by atoms with Crippen LogP contribution in [-0.2, 0) is 9.59 Å². The molecule has 0 aliphatic carbocycles. The molecule has 1 aliphatic heterocycles. The molecule has 1 aliphatic rings. The molecule has 0 saturated carbocycles. The number of carbonyl (C=O) groups is 2. The number of nitrogens with two attached hydrogens (primary N) is 1. The Morgan fingerprint density at radius 1 is 1.47 bits per heavy atom. The summed E-state index contributed by atoms with van der Waals surface area (Å²) in [7, 11) is 0. The lowest BCUT2D eigenvalue weighted by Gasteiger charge is -2.23. The molecule has 1 fully saturated rings. The van der Waals surface area contributed by atoms with Crippen molar-refractivity contribution in [1.29, 1.82) is 0 Å². The SMILES string of the molecule is CCC1CC(C)CN1C(=O)CNC(=O)CN.Cl. The maximum absolute atomic E-state index is 11.9. The average molecular weight is 264 g/mol. The fourth-order valence-corrected chi connectivity index (χ4v) is 2.19. The fraction of sp³-hybridized carbons (Fsp3) is 0.818. The summed E-state index contributed by atoms with van der Waals surface area (Å²) >= 11 is 0. The van der Waals surface area contributed by atoms with Crippen LogP contribution in [0, 0.1) is 5.92 Å². The number of carbonyl (C=O) groups excluding carboxylic acids is 2. The Balaban J connectivity index is 0.00000256. The van der Waals surface area contributed by atoms with Crippen LogP contribution in [0.4, 0.5) is 0 Å². The summed E-state index contributed by atoms with van der Waals surface area (Å²) in [5.41, 5.74) is 5.15. The van der Waals surface area contributed by atoms with E-state index in [2.05, 4.69) is 19.2 Å². The van der Waals surface area contributed by atoms with Crippen molar-refractivity contribution < 1.29 is 9.59 Å². The van der Waals surface area contributed by atoms with E-state index in [1.165, 1.54) is 0 Å². The molecule has 0 bridgehead atoms. The first-order valence-corrected chi connectivity index (χ1v) is 5.84. The van der Waals surface area contributed by atoms with Gasteiger partial charge >= 0.3 is 0 Å². The summed E-state index contributed by atoms with van der Waals surface area (Å²) in [5.74, 6) is 0.269.